The van der Waals surface area contributed by atoms with E-state index in [-0.39, 0.29) is 0 Å². The number of allylic oxidation sites excluding steroid dienone is 2. The van der Waals surface area contributed by atoms with E-state index < -0.39 is 0 Å². The molecule has 0 aromatic carbocycles. The Morgan fingerprint density at radius 2 is 2.06 bits per heavy atom. The zero-order valence-corrected chi connectivity index (χ0v) is 12.4. The number of nitrogens with one attached hydrogen (secondary N) is 1. The van der Waals surface area contributed by atoms with Gasteiger partial charge in [0.15, 0.2) is 0 Å². The summed E-state index contributed by atoms with van der Waals surface area (Å²) in [4.78, 5) is 2.29. The largest absolute Gasteiger partial charge is 0.399 e. The molecule has 0 fully saturated rings. The zero-order chi connectivity index (χ0) is 14.2. The quantitative estimate of drug-likeness (QED) is 0.394. The molecule has 3 heteroatoms. The molecule has 104 valence electrons. The molecule has 0 aliphatic heterocycles. The van der Waals surface area contributed by atoms with Gasteiger partial charge in [-0.15, -0.1) is 12.3 Å². The maximum atomic E-state index is 5.62. The second-order valence-corrected chi connectivity index (χ2v) is 3.91. The summed E-state index contributed by atoms with van der Waals surface area (Å²) in [5, 5.41) is 3.39. The van der Waals surface area contributed by atoms with Gasteiger partial charge in [0, 0.05) is 18.8 Å². The summed E-state index contributed by atoms with van der Waals surface area (Å²) in [7, 11) is 2.13. The van der Waals surface area contributed by atoms with E-state index in [4.69, 9.17) is 5.73 Å². The van der Waals surface area contributed by atoms with E-state index in [2.05, 4.69) is 42.6 Å². The van der Waals surface area contributed by atoms with Crippen LogP contribution in [-0.4, -0.2) is 38.1 Å². The van der Waals surface area contributed by atoms with Gasteiger partial charge in [0.2, 0.25) is 0 Å². The van der Waals surface area contributed by atoms with Gasteiger partial charge in [0.1, 0.15) is 0 Å². The molecular formula is C15H29N3. The van der Waals surface area contributed by atoms with Crippen LogP contribution in [0.1, 0.15) is 27.2 Å². The van der Waals surface area contributed by atoms with Gasteiger partial charge in [-0.25, -0.2) is 0 Å². The summed E-state index contributed by atoms with van der Waals surface area (Å²) < 4.78 is 0. The predicted octanol–water partition coefficient (Wildman–Crippen LogP) is 1.98. The molecule has 3 N–H and O–H groups in total. The fraction of sp³-hybridized carbons (Fsp3) is 0.600. The number of nitrogens with two attached hydrogens (primary N) is 1. The van der Waals surface area contributed by atoms with E-state index in [0.29, 0.717) is 0 Å². The van der Waals surface area contributed by atoms with Gasteiger partial charge in [-0.05, 0) is 46.5 Å². The van der Waals surface area contributed by atoms with Crippen molar-refractivity contribution in [2.45, 2.75) is 27.2 Å². The Bertz CT molecular complexity index is 261. The monoisotopic (exact) mass is 251 g/mol. The van der Waals surface area contributed by atoms with Crippen molar-refractivity contribution in [3.8, 4) is 12.3 Å². The Kier molecular flexibility index (Phi) is 16.7. The summed E-state index contributed by atoms with van der Waals surface area (Å²) >= 11 is 0. The van der Waals surface area contributed by atoms with E-state index in [1.807, 2.05) is 19.1 Å². The zero-order valence-electron chi connectivity index (χ0n) is 12.4. The van der Waals surface area contributed by atoms with Crippen molar-refractivity contribution in [3.63, 3.8) is 0 Å². The number of likely N-dealkylation sites (N-methyl/N-ethyl adjacent to an activating group) is 1. The average molecular weight is 251 g/mol. The molecule has 18 heavy (non-hydrogen) atoms. The van der Waals surface area contributed by atoms with Crippen LogP contribution in [-0.2, 0) is 0 Å². The standard InChI is InChI=1S/C12H25N3.C3H4/c1-4-12(13)8-6-7-9-14-10-11-15(3)5-2;1-3-2/h4,6,8,14H,5,7,9-11,13H2,1-3H3;1H,2H3/b8-6-,12-4+;. The number of hydrogen-bond acceptors (Lipinski definition) is 3. The number of terminal acetylenes is 1. The Morgan fingerprint density at radius 1 is 1.44 bits per heavy atom. The molecule has 0 saturated heterocycles. The highest BCUT2D eigenvalue weighted by molar-refractivity contribution is 5.13. The number of rotatable bonds is 8. The first-order valence-corrected chi connectivity index (χ1v) is 6.47. The molecule has 0 radical (unpaired) electrons. The van der Waals surface area contributed by atoms with Gasteiger partial charge >= 0.3 is 0 Å². The van der Waals surface area contributed by atoms with Crippen molar-refractivity contribution in [3.05, 3.63) is 23.9 Å². The smallest absolute Gasteiger partial charge is 0.0267 e. The lowest BCUT2D eigenvalue weighted by molar-refractivity contribution is 0.350. The van der Waals surface area contributed by atoms with Gasteiger partial charge in [-0.1, -0.05) is 19.1 Å². The summed E-state index contributed by atoms with van der Waals surface area (Å²) in [6, 6.07) is 0. The summed E-state index contributed by atoms with van der Waals surface area (Å²) in [5.41, 5.74) is 6.45. The molecule has 0 atom stereocenters. The Balaban J connectivity index is 0. The third-order valence-electron chi connectivity index (χ3n) is 2.34. The van der Waals surface area contributed by atoms with Crippen LogP contribution in [0.15, 0.2) is 23.9 Å². The number of hydrogen-bond donors (Lipinski definition) is 2. The van der Waals surface area contributed by atoms with Crippen molar-refractivity contribution in [1.29, 1.82) is 0 Å². The SMILES string of the molecule is C#CC.C/C=C(N)\C=C/CCNCCN(C)CC. The molecule has 0 aromatic heterocycles. The first-order valence-electron chi connectivity index (χ1n) is 6.47. The minimum Gasteiger partial charge on any atom is -0.399 e. The van der Waals surface area contributed by atoms with Crippen LogP contribution in [0.4, 0.5) is 0 Å². The van der Waals surface area contributed by atoms with Crippen molar-refractivity contribution in [1.82, 2.24) is 10.2 Å². The summed E-state index contributed by atoms with van der Waals surface area (Å²) in [6.07, 6.45) is 11.6. The second kappa shape index (κ2) is 15.8. The normalized spacial score (nSPS) is 11.2. The predicted molar refractivity (Wildman–Crippen MR) is 82.2 cm³/mol. The van der Waals surface area contributed by atoms with E-state index >= 15 is 0 Å². The fourth-order valence-electron chi connectivity index (χ4n) is 1.05. The Labute approximate surface area is 113 Å². The van der Waals surface area contributed by atoms with Crippen molar-refractivity contribution < 1.29 is 0 Å². The van der Waals surface area contributed by atoms with Gasteiger partial charge < -0.3 is 16.0 Å². The molecule has 0 rings (SSSR count). The third kappa shape index (κ3) is 17.2. The molecule has 3 nitrogen and oxygen atoms in total. The molecule has 0 amide bonds. The second-order valence-electron chi connectivity index (χ2n) is 3.91. The van der Waals surface area contributed by atoms with Gasteiger partial charge in [-0.2, -0.15) is 0 Å². The molecule has 0 spiro atoms. The maximum Gasteiger partial charge on any atom is 0.0267 e. The van der Waals surface area contributed by atoms with E-state index in [1.54, 1.807) is 6.92 Å². The third-order valence-corrected chi connectivity index (χ3v) is 2.34. The topological polar surface area (TPSA) is 41.3 Å². The van der Waals surface area contributed by atoms with Crippen LogP contribution in [0.2, 0.25) is 0 Å². The Hall–Kier alpha value is -1.24. The van der Waals surface area contributed by atoms with Crippen LogP contribution in [0.5, 0.6) is 0 Å². The molecule has 0 heterocycles. The lowest BCUT2D eigenvalue weighted by Gasteiger charge is -2.13. The first kappa shape index (κ1) is 19.1. The van der Waals surface area contributed by atoms with Crippen LogP contribution in [0.25, 0.3) is 0 Å². The van der Waals surface area contributed by atoms with Crippen molar-refractivity contribution >= 4 is 0 Å². The molecule has 0 aromatic rings. The number of nitrogens with zero attached hydrogens (tertiary/aromatic N) is 1. The van der Waals surface area contributed by atoms with Gasteiger partial charge in [0.05, 0.1) is 0 Å². The van der Waals surface area contributed by atoms with E-state index in [9.17, 15) is 0 Å². The Morgan fingerprint density at radius 3 is 2.56 bits per heavy atom. The molecule has 0 aliphatic rings. The van der Waals surface area contributed by atoms with E-state index in [0.717, 1.165) is 38.3 Å². The lowest BCUT2D eigenvalue weighted by Crippen LogP contribution is -2.29. The summed E-state index contributed by atoms with van der Waals surface area (Å²) in [6.45, 7) is 10.1. The van der Waals surface area contributed by atoms with Crippen LogP contribution in [0.3, 0.4) is 0 Å². The first-order chi connectivity index (χ1) is 8.62. The highest BCUT2D eigenvalue weighted by Gasteiger charge is 1.91. The molecule has 0 unspecified atom stereocenters. The van der Waals surface area contributed by atoms with Crippen LogP contribution < -0.4 is 11.1 Å². The highest BCUT2D eigenvalue weighted by atomic mass is 15.1. The maximum absolute atomic E-state index is 5.62. The van der Waals surface area contributed by atoms with Crippen LogP contribution in [0, 0.1) is 12.3 Å². The highest BCUT2D eigenvalue weighted by Crippen LogP contribution is 1.88. The lowest BCUT2D eigenvalue weighted by atomic mass is 10.3. The molecule has 0 aliphatic carbocycles. The van der Waals surface area contributed by atoms with Gasteiger partial charge in [-0.3, -0.25) is 0 Å². The van der Waals surface area contributed by atoms with Gasteiger partial charge in [0.25, 0.3) is 0 Å². The fourth-order valence-corrected chi connectivity index (χ4v) is 1.05. The minimum atomic E-state index is 0.834. The van der Waals surface area contributed by atoms with E-state index in [1.165, 1.54) is 0 Å². The average Bonchev–Trinajstić information content (AvgIpc) is 2.37. The summed E-state index contributed by atoms with van der Waals surface area (Å²) in [5.74, 6) is 2.25. The molecule has 0 bridgehead atoms. The van der Waals surface area contributed by atoms with Crippen LogP contribution >= 0.6 is 0 Å². The minimum absolute atomic E-state index is 0.834. The van der Waals surface area contributed by atoms with Crippen molar-refractivity contribution in [2.75, 3.05) is 33.2 Å². The van der Waals surface area contributed by atoms with Crippen molar-refractivity contribution in [2.24, 2.45) is 5.73 Å². The molecule has 0 saturated carbocycles. The molecular weight excluding hydrogens is 222 g/mol.